The minimum absolute atomic E-state index is 0.370. The molecule has 1 heterocycles. The van der Waals surface area contributed by atoms with Crippen LogP contribution >= 0.6 is 0 Å². The Morgan fingerprint density at radius 2 is 2.00 bits per heavy atom. The quantitative estimate of drug-likeness (QED) is 0.904. The Bertz CT molecular complexity index is 585. The number of imidazole rings is 1. The Morgan fingerprint density at radius 1 is 1.24 bits per heavy atom. The number of aromatic nitrogens is 2. The zero-order valence-corrected chi connectivity index (χ0v) is 12.5. The van der Waals surface area contributed by atoms with E-state index in [1.54, 1.807) is 0 Å². The van der Waals surface area contributed by atoms with Crippen molar-refractivity contribution in [2.45, 2.75) is 44.6 Å². The van der Waals surface area contributed by atoms with Crippen molar-refractivity contribution >= 4 is 0 Å². The molecule has 21 heavy (non-hydrogen) atoms. The van der Waals surface area contributed by atoms with Crippen LogP contribution in [0.15, 0.2) is 30.5 Å². The first kappa shape index (κ1) is 14.1. The number of aromatic amines is 1. The zero-order chi connectivity index (χ0) is 14.7. The van der Waals surface area contributed by atoms with Gasteiger partial charge in [0.05, 0.1) is 18.5 Å². The average molecular weight is 285 g/mol. The van der Waals surface area contributed by atoms with E-state index in [-0.39, 0.29) is 0 Å². The maximum Gasteiger partial charge on any atom is 0.128 e. The van der Waals surface area contributed by atoms with Crippen LogP contribution in [-0.4, -0.2) is 22.6 Å². The van der Waals surface area contributed by atoms with Crippen LogP contribution in [0.4, 0.5) is 0 Å². The molecule has 3 N–H and O–H groups in total. The normalized spacial score (nSPS) is 22.2. The van der Waals surface area contributed by atoms with Crippen molar-refractivity contribution in [3.8, 4) is 17.0 Å². The molecule has 2 aromatic rings. The highest BCUT2D eigenvalue weighted by atomic mass is 16.5. The molecule has 1 aliphatic carbocycles. The molecule has 0 amide bonds. The molecule has 4 heteroatoms. The Balaban J connectivity index is 1.82. The summed E-state index contributed by atoms with van der Waals surface area (Å²) in [5, 5.41) is 0. The van der Waals surface area contributed by atoms with E-state index in [9.17, 15) is 0 Å². The maximum absolute atomic E-state index is 5.98. The third-order valence-electron chi connectivity index (χ3n) is 4.23. The van der Waals surface area contributed by atoms with Crippen LogP contribution < -0.4 is 10.5 Å². The van der Waals surface area contributed by atoms with Gasteiger partial charge >= 0.3 is 0 Å². The first-order chi connectivity index (χ1) is 10.3. The molecule has 1 aromatic carbocycles. The molecule has 1 fully saturated rings. The zero-order valence-electron chi connectivity index (χ0n) is 12.5. The lowest BCUT2D eigenvalue weighted by Gasteiger charge is -2.24. The molecule has 0 radical (unpaired) electrons. The number of nitrogens with one attached hydrogen (secondary N) is 1. The summed E-state index contributed by atoms with van der Waals surface area (Å²) in [5.41, 5.74) is 8.08. The molecular formula is C17H23N3O. The molecule has 0 atom stereocenters. The van der Waals surface area contributed by atoms with Crippen LogP contribution in [0.25, 0.3) is 11.3 Å². The number of para-hydroxylation sites is 1. The average Bonchev–Trinajstić information content (AvgIpc) is 2.99. The van der Waals surface area contributed by atoms with E-state index in [2.05, 4.69) is 16.0 Å². The number of ether oxygens (including phenoxy) is 1. The number of hydrogen-bond donors (Lipinski definition) is 2. The van der Waals surface area contributed by atoms with Crippen LogP contribution in [0.3, 0.4) is 0 Å². The number of hydrogen-bond acceptors (Lipinski definition) is 3. The maximum atomic E-state index is 5.98. The SMILES string of the molecule is CCOc1ccccc1-c1cnc(C2CCC(N)CC2)[nH]1. The summed E-state index contributed by atoms with van der Waals surface area (Å²) in [7, 11) is 0. The lowest BCUT2D eigenvalue weighted by atomic mass is 9.86. The second kappa shape index (κ2) is 6.31. The van der Waals surface area contributed by atoms with Crippen LogP contribution in [-0.2, 0) is 0 Å². The summed E-state index contributed by atoms with van der Waals surface area (Å²) in [6, 6.07) is 8.46. The van der Waals surface area contributed by atoms with Crippen LogP contribution in [0.1, 0.15) is 44.3 Å². The molecular weight excluding hydrogens is 262 g/mol. The van der Waals surface area contributed by atoms with Crippen molar-refractivity contribution in [3.05, 3.63) is 36.3 Å². The fourth-order valence-electron chi connectivity index (χ4n) is 3.04. The predicted molar refractivity (Wildman–Crippen MR) is 84.4 cm³/mol. The lowest BCUT2D eigenvalue weighted by Crippen LogP contribution is -2.26. The van der Waals surface area contributed by atoms with Gasteiger partial charge in [-0.15, -0.1) is 0 Å². The molecule has 1 saturated carbocycles. The summed E-state index contributed by atoms with van der Waals surface area (Å²) in [4.78, 5) is 8.07. The summed E-state index contributed by atoms with van der Waals surface area (Å²) < 4.78 is 5.70. The monoisotopic (exact) mass is 285 g/mol. The van der Waals surface area contributed by atoms with Crippen molar-refractivity contribution in [2.75, 3.05) is 6.61 Å². The Morgan fingerprint density at radius 3 is 2.76 bits per heavy atom. The molecule has 0 unspecified atom stereocenters. The molecule has 1 aromatic heterocycles. The van der Waals surface area contributed by atoms with Gasteiger partial charge in [-0.25, -0.2) is 4.98 Å². The number of benzene rings is 1. The van der Waals surface area contributed by atoms with Gasteiger partial charge in [0.15, 0.2) is 0 Å². The van der Waals surface area contributed by atoms with Gasteiger partial charge in [-0.05, 0) is 44.7 Å². The van der Waals surface area contributed by atoms with Crippen molar-refractivity contribution in [1.29, 1.82) is 0 Å². The van der Waals surface area contributed by atoms with E-state index in [1.165, 1.54) is 0 Å². The fraction of sp³-hybridized carbons (Fsp3) is 0.471. The van der Waals surface area contributed by atoms with Gasteiger partial charge in [-0.2, -0.15) is 0 Å². The second-order valence-corrected chi connectivity index (χ2v) is 5.72. The van der Waals surface area contributed by atoms with Gasteiger partial charge in [-0.3, -0.25) is 0 Å². The van der Waals surface area contributed by atoms with Crippen molar-refractivity contribution < 1.29 is 4.74 Å². The first-order valence-corrected chi connectivity index (χ1v) is 7.80. The topological polar surface area (TPSA) is 63.9 Å². The lowest BCUT2D eigenvalue weighted by molar-refractivity contribution is 0.341. The van der Waals surface area contributed by atoms with Gasteiger partial charge in [0, 0.05) is 17.5 Å². The van der Waals surface area contributed by atoms with Gasteiger partial charge in [0.25, 0.3) is 0 Å². The van der Waals surface area contributed by atoms with E-state index >= 15 is 0 Å². The highest BCUT2D eigenvalue weighted by Crippen LogP contribution is 2.33. The Labute approximate surface area is 125 Å². The third-order valence-corrected chi connectivity index (χ3v) is 4.23. The molecule has 0 spiro atoms. The second-order valence-electron chi connectivity index (χ2n) is 5.72. The van der Waals surface area contributed by atoms with E-state index in [0.29, 0.717) is 18.6 Å². The predicted octanol–water partition coefficient (Wildman–Crippen LogP) is 3.46. The minimum atomic E-state index is 0.370. The Kier molecular flexibility index (Phi) is 4.25. The van der Waals surface area contributed by atoms with E-state index in [0.717, 1.165) is 48.5 Å². The van der Waals surface area contributed by atoms with Gasteiger partial charge in [0.1, 0.15) is 11.6 Å². The highest BCUT2D eigenvalue weighted by molar-refractivity contribution is 5.66. The van der Waals surface area contributed by atoms with Crippen LogP contribution in [0.2, 0.25) is 0 Å². The summed E-state index contributed by atoms with van der Waals surface area (Å²) >= 11 is 0. The smallest absolute Gasteiger partial charge is 0.128 e. The number of nitrogens with zero attached hydrogens (tertiary/aromatic N) is 1. The first-order valence-electron chi connectivity index (χ1n) is 7.80. The van der Waals surface area contributed by atoms with Gasteiger partial charge in [0.2, 0.25) is 0 Å². The summed E-state index contributed by atoms with van der Waals surface area (Å²) in [6.07, 6.45) is 6.36. The highest BCUT2D eigenvalue weighted by Gasteiger charge is 2.22. The number of nitrogens with two attached hydrogens (primary N) is 1. The molecule has 0 saturated heterocycles. The molecule has 0 bridgehead atoms. The fourth-order valence-corrected chi connectivity index (χ4v) is 3.04. The van der Waals surface area contributed by atoms with Crippen LogP contribution in [0, 0.1) is 0 Å². The van der Waals surface area contributed by atoms with E-state index in [1.807, 2.05) is 31.3 Å². The molecule has 0 aliphatic heterocycles. The standard InChI is InChI=1S/C17H23N3O/c1-2-21-16-6-4-3-5-14(16)15-11-19-17(20-15)12-7-9-13(18)10-8-12/h3-6,11-13H,2,7-10,18H2,1H3,(H,19,20). The van der Waals surface area contributed by atoms with Crippen molar-refractivity contribution in [3.63, 3.8) is 0 Å². The minimum Gasteiger partial charge on any atom is -0.493 e. The van der Waals surface area contributed by atoms with Crippen molar-refractivity contribution in [1.82, 2.24) is 9.97 Å². The van der Waals surface area contributed by atoms with E-state index < -0.39 is 0 Å². The molecule has 112 valence electrons. The molecule has 4 nitrogen and oxygen atoms in total. The van der Waals surface area contributed by atoms with E-state index in [4.69, 9.17) is 10.5 Å². The van der Waals surface area contributed by atoms with Crippen LogP contribution in [0.5, 0.6) is 5.75 Å². The number of H-pyrrole nitrogens is 1. The van der Waals surface area contributed by atoms with Crippen molar-refractivity contribution in [2.24, 2.45) is 5.73 Å². The van der Waals surface area contributed by atoms with Gasteiger partial charge < -0.3 is 15.5 Å². The summed E-state index contributed by atoms with van der Waals surface area (Å²) in [5.74, 6) is 2.50. The molecule has 1 aliphatic rings. The van der Waals surface area contributed by atoms with Gasteiger partial charge in [-0.1, -0.05) is 12.1 Å². The summed E-state index contributed by atoms with van der Waals surface area (Å²) in [6.45, 7) is 2.67. The third kappa shape index (κ3) is 3.10. The Hall–Kier alpha value is -1.81. The molecule has 3 rings (SSSR count). The largest absolute Gasteiger partial charge is 0.493 e. The number of rotatable bonds is 4.